The first-order valence-electron chi connectivity index (χ1n) is 6.17. The van der Waals surface area contributed by atoms with Gasteiger partial charge in [0.2, 0.25) is 0 Å². The Balaban J connectivity index is 2.02. The van der Waals surface area contributed by atoms with E-state index in [1.807, 2.05) is 25.3 Å². The number of benzene rings is 1. The highest BCUT2D eigenvalue weighted by Crippen LogP contribution is 2.37. The van der Waals surface area contributed by atoms with Crippen molar-refractivity contribution in [3.63, 3.8) is 0 Å². The van der Waals surface area contributed by atoms with Crippen LogP contribution < -0.4 is 14.8 Å². The van der Waals surface area contributed by atoms with E-state index in [0.717, 1.165) is 17.1 Å². The second-order valence-corrected chi connectivity index (χ2v) is 5.92. The summed E-state index contributed by atoms with van der Waals surface area (Å²) in [5.74, 6) is 1.21. The normalized spacial score (nSPS) is 10.6. The van der Waals surface area contributed by atoms with Gasteiger partial charge in [-0.15, -0.1) is 11.3 Å². The highest BCUT2D eigenvalue weighted by Gasteiger charge is 2.12. The quantitative estimate of drug-likeness (QED) is 0.887. The predicted molar refractivity (Wildman–Crippen MR) is 82.0 cm³/mol. The van der Waals surface area contributed by atoms with Crippen molar-refractivity contribution in [1.29, 1.82) is 0 Å². The maximum Gasteiger partial charge on any atom is 0.179 e. The van der Waals surface area contributed by atoms with Crippen LogP contribution in [0, 0.1) is 6.92 Å². The third-order valence-electron chi connectivity index (χ3n) is 2.85. The summed E-state index contributed by atoms with van der Waals surface area (Å²) in [6.07, 6.45) is 1.89. The minimum atomic E-state index is 0.571. The van der Waals surface area contributed by atoms with Gasteiger partial charge in [0, 0.05) is 24.2 Å². The van der Waals surface area contributed by atoms with Crippen LogP contribution in [-0.4, -0.2) is 19.2 Å². The molecule has 0 aliphatic carbocycles. The largest absolute Gasteiger partial charge is 0.493 e. The number of hydrogen-bond acceptors (Lipinski definition) is 5. The van der Waals surface area contributed by atoms with Gasteiger partial charge in [0.25, 0.3) is 0 Å². The Morgan fingerprint density at radius 3 is 2.65 bits per heavy atom. The van der Waals surface area contributed by atoms with Crippen molar-refractivity contribution in [3.8, 4) is 11.5 Å². The number of hydrogen-bond donors (Lipinski definition) is 1. The molecule has 20 heavy (non-hydrogen) atoms. The minimum absolute atomic E-state index is 0.571. The second kappa shape index (κ2) is 6.92. The molecule has 0 aliphatic heterocycles. The van der Waals surface area contributed by atoms with Crippen LogP contribution in [0.1, 0.15) is 15.4 Å². The van der Waals surface area contributed by atoms with E-state index in [4.69, 9.17) is 21.1 Å². The Morgan fingerprint density at radius 2 is 2.05 bits per heavy atom. The summed E-state index contributed by atoms with van der Waals surface area (Å²) >= 11 is 8.01. The summed E-state index contributed by atoms with van der Waals surface area (Å²) in [7, 11) is 3.18. The lowest BCUT2D eigenvalue weighted by molar-refractivity contribution is 0.354. The molecule has 1 heterocycles. The highest BCUT2D eigenvalue weighted by atomic mass is 35.5. The number of aryl methyl sites for hydroxylation is 1. The number of aromatic nitrogens is 1. The zero-order valence-corrected chi connectivity index (χ0v) is 13.3. The van der Waals surface area contributed by atoms with E-state index >= 15 is 0 Å². The Kier molecular flexibility index (Phi) is 5.23. The molecule has 0 saturated carbocycles. The number of thiazole rings is 1. The topological polar surface area (TPSA) is 43.4 Å². The van der Waals surface area contributed by atoms with E-state index in [9.17, 15) is 0 Å². The van der Waals surface area contributed by atoms with Crippen LogP contribution >= 0.6 is 22.9 Å². The molecule has 0 spiro atoms. The van der Waals surface area contributed by atoms with Crippen molar-refractivity contribution in [2.45, 2.75) is 20.0 Å². The fourth-order valence-corrected chi connectivity index (χ4v) is 2.94. The molecule has 0 atom stereocenters. The Hall–Kier alpha value is -1.30. The number of nitrogens with zero attached hydrogens (tertiary/aromatic N) is 1. The fraction of sp³-hybridized carbons (Fsp3) is 0.357. The van der Waals surface area contributed by atoms with Gasteiger partial charge < -0.3 is 14.8 Å². The Bertz CT molecular complexity index is 587. The molecule has 6 heteroatoms. The molecule has 0 fully saturated rings. The van der Waals surface area contributed by atoms with Crippen molar-refractivity contribution in [2.24, 2.45) is 0 Å². The maximum absolute atomic E-state index is 6.32. The average Bonchev–Trinajstić information content (AvgIpc) is 2.86. The van der Waals surface area contributed by atoms with Crippen molar-refractivity contribution in [3.05, 3.63) is 38.8 Å². The zero-order valence-electron chi connectivity index (χ0n) is 11.7. The summed E-state index contributed by atoms with van der Waals surface area (Å²) in [6, 6.07) is 3.80. The molecule has 0 saturated heterocycles. The summed E-state index contributed by atoms with van der Waals surface area (Å²) in [5.41, 5.74) is 0.977. The molecule has 1 aromatic heterocycles. The molecule has 0 amide bonds. The van der Waals surface area contributed by atoms with Crippen LogP contribution in [-0.2, 0) is 13.1 Å². The van der Waals surface area contributed by atoms with Crippen molar-refractivity contribution in [2.75, 3.05) is 14.2 Å². The van der Waals surface area contributed by atoms with Crippen LogP contribution in [0.4, 0.5) is 0 Å². The van der Waals surface area contributed by atoms with Gasteiger partial charge in [-0.1, -0.05) is 17.7 Å². The average molecular weight is 313 g/mol. The molecule has 1 aromatic carbocycles. The van der Waals surface area contributed by atoms with Gasteiger partial charge in [0.05, 0.1) is 24.2 Å². The summed E-state index contributed by atoms with van der Waals surface area (Å²) in [5, 5.41) is 5.01. The van der Waals surface area contributed by atoms with Gasteiger partial charge in [-0.2, -0.15) is 0 Å². The fourth-order valence-electron chi connectivity index (χ4n) is 1.87. The molecule has 0 unspecified atom stereocenters. The summed E-state index contributed by atoms with van der Waals surface area (Å²) < 4.78 is 10.5. The minimum Gasteiger partial charge on any atom is -0.493 e. The van der Waals surface area contributed by atoms with Gasteiger partial charge in [0.15, 0.2) is 11.5 Å². The molecule has 1 N–H and O–H groups in total. The van der Waals surface area contributed by atoms with Gasteiger partial charge >= 0.3 is 0 Å². The van der Waals surface area contributed by atoms with Crippen LogP contribution in [0.3, 0.4) is 0 Å². The van der Waals surface area contributed by atoms with E-state index in [0.29, 0.717) is 23.1 Å². The standard InChI is InChI=1S/C14H17ClN2O2S/c1-9-17-8-11(20-9)7-16-6-10-4-5-12(18-2)14(19-3)13(10)15/h4-5,8,16H,6-7H2,1-3H3. The first-order chi connectivity index (χ1) is 9.65. The van der Waals surface area contributed by atoms with Crippen molar-refractivity contribution < 1.29 is 9.47 Å². The number of ether oxygens (including phenoxy) is 2. The van der Waals surface area contributed by atoms with Crippen LogP contribution in [0.25, 0.3) is 0 Å². The van der Waals surface area contributed by atoms with E-state index in [1.54, 1.807) is 25.6 Å². The Morgan fingerprint density at radius 1 is 1.25 bits per heavy atom. The number of halogens is 1. The molecule has 0 radical (unpaired) electrons. The van der Waals surface area contributed by atoms with E-state index in [2.05, 4.69) is 10.3 Å². The molecule has 0 bridgehead atoms. The lowest BCUT2D eigenvalue weighted by atomic mass is 10.2. The lowest BCUT2D eigenvalue weighted by Crippen LogP contribution is -2.12. The number of rotatable bonds is 6. The van der Waals surface area contributed by atoms with Gasteiger partial charge in [-0.05, 0) is 18.6 Å². The second-order valence-electron chi connectivity index (χ2n) is 4.22. The predicted octanol–water partition coefficient (Wildman–Crippen LogP) is 3.41. The molecular weight excluding hydrogens is 296 g/mol. The van der Waals surface area contributed by atoms with E-state index in [1.165, 1.54) is 4.88 Å². The molecular formula is C14H17ClN2O2S. The number of nitrogens with one attached hydrogen (secondary N) is 1. The van der Waals surface area contributed by atoms with Crippen LogP contribution in [0.15, 0.2) is 18.3 Å². The monoisotopic (exact) mass is 312 g/mol. The molecule has 108 valence electrons. The van der Waals surface area contributed by atoms with E-state index < -0.39 is 0 Å². The van der Waals surface area contributed by atoms with Gasteiger partial charge in [0.1, 0.15) is 0 Å². The third-order valence-corrected chi connectivity index (χ3v) is 4.18. The van der Waals surface area contributed by atoms with Crippen LogP contribution in [0.5, 0.6) is 11.5 Å². The first kappa shape index (κ1) is 15.1. The van der Waals surface area contributed by atoms with E-state index in [-0.39, 0.29) is 0 Å². The van der Waals surface area contributed by atoms with Crippen molar-refractivity contribution in [1.82, 2.24) is 10.3 Å². The summed E-state index contributed by atoms with van der Waals surface area (Å²) in [4.78, 5) is 5.43. The maximum atomic E-state index is 6.32. The smallest absolute Gasteiger partial charge is 0.179 e. The third kappa shape index (κ3) is 3.42. The molecule has 4 nitrogen and oxygen atoms in total. The Labute approximate surface area is 127 Å². The zero-order chi connectivity index (χ0) is 14.5. The first-order valence-corrected chi connectivity index (χ1v) is 7.36. The number of methoxy groups -OCH3 is 2. The lowest BCUT2D eigenvalue weighted by Gasteiger charge is -2.13. The summed E-state index contributed by atoms with van der Waals surface area (Å²) in [6.45, 7) is 3.44. The molecule has 2 rings (SSSR count). The van der Waals surface area contributed by atoms with Gasteiger partial charge in [-0.3, -0.25) is 0 Å². The SMILES string of the molecule is COc1ccc(CNCc2cnc(C)s2)c(Cl)c1OC. The van der Waals surface area contributed by atoms with Crippen molar-refractivity contribution >= 4 is 22.9 Å². The van der Waals surface area contributed by atoms with Gasteiger partial charge in [-0.25, -0.2) is 4.98 Å². The van der Waals surface area contributed by atoms with Crippen LogP contribution in [0.2, 0.25) is 5.02 Å². The highest BCUT2D eigenvalue weighted by molar-refractivity contribution is 7.11. The molecule has 0 aliphatic rings. The molecule has 2 aromatic rings.